The molecule has 0 radical (unpaired) electrons. The molecule has 0 spiro atoms. The Bertz CT molecular complexity index is 434. The van der Waals surface area contributed by atoms with Crippen LogP contribution in [0.2, 0.25) is 0 Å². The summed E-state index contributed by atoms with van der Waals surface area (Å²) in [5.41, 5.74) is 0. The summed E-state index contributed by atoms with van der Waals surface area (Å²) in [6.07, 6.45) is 1.72. The minimum Gasteiger partial charge on any atom is -0.466 e. The van der Waals surface area contributed by atoms with Gasteiger partial charge in [0, 0.05) is 17.4 Å². The quantitative estimate of drug-likeness (QED) is 0.385. The van der Waals surface area contributed by atoms with E-state index in [9.17, 15) is 14.4 Å². The summed E-state index contributed by atoms with van der Waals surface area (Å²) < 4.78 is 14.2. The summed E-state index contributed by atoms with van der Waals surface area (Å²) in [5.74, 6) is 0.484. The van der Waals surface area contributed by atoms with Crippen LogP contribution in [0.5, 0.6) is 0 Å². The van der Waals surface area contributed by atoms with Crippen molar-refractivity contribution in [2.24, 2.45) is 0 Å². The van der Waals surface area contributed by atoms with Crippen molar-refractivity contribution < 1.29 is 28.6 Å². The molecule has 1 aliphatic heterocycles. The number of carbonyl (C=O) groups is 3. The molecule has 138 valence electrons. The number of thioether (sulfide) groups is 1. The number of ether oxygens (including phenoxy) is 3. The van der Waals surface area contributed by atoms with Gasteiger partial charge < -0.3 is 24.8 Å². The number of unbranched alkanes of at least 4 members (excludes halogenated alkanes) is 1. The van der Waals surface area contributed by atoms with E-state index < -0.39 is 12.2 Å². The zero-order valence-electron chi connectivity index (χ0n) is 14.3. The van der Waals surface area contributed by atoms with Crippen molar-refractivity contribution in [3.63, 3.8) is 0 Å². The molecule has 1 aliphatic rings. The van der Waals surface area contributed by atoms with Gasteiger partial charge in [0.15, 0.2) is 0 Å². The summed E-state index contributed by atoms with van der Waals surface area (Å²) in [5, 5.41) is 5.65. The first kappa shape index (κ1) is 20.4. The van der Waals surface area contributed by atoms with Gasteiger partial charge in [-0.2, -0.15) is 11.8 Å². The van der Waals surface area contributed by atoms with Crippen LogP contribution in [0.25, 0.3) is 0 Å². The van der Waals surface area contributed by atoms with E-state index in [2.05, 4.69) is 20.1 Å². The Morgan fingerprint density at radius 3 is 2.38 bits per heavy atom. The number of esters is 1. The van der Waals surface area contributed by atoms with Crippen LogP contribution in [-0.2, 0) is 19.0 Å². The fourth-order valence-electron chi connectivity index (χ4n) is 2.53. The van der Waals surface area contributed by atoms with Gasteiger partial charge in [0.25, 0.3) is 0 Å². The molecule has 3 atom stereocenters. The van der Waals surface area contributed by atoms with Crippen LogP contribution < -0.4 is 10.6 Å². The fourth-order valence-corrected chi connectivity index (χ4v) is 4.08. The van der Waals surface area contributed by atoms with Crippen molar-refractivity contribution in [1.82, 2.24) is 10.6 Å². The number of carbonyl (C=O) groups excluding carboxylic acids is 3. The second-order valence-corrected chi connectivity index (χ2v) is 6.60. The summed E-state index contributed by atoms with van der Waals surface area (Å²) in [6, 6.07) is -0.472. The van der Waals surface area contributed by atoms with E-state index in [0.717, 1.165) is 19.3 Å². The van der Waals surface area contributed by atoms with Gasteiger partial charge in [-0.05, 0) is 19.8 Å². The van der Waals surface area contributed by atoms with Gasteiger partial charge >= 0.3 is 18.2 Å². The van der Waals surface area contributed by atoms with E-state index in [1.807, 2.05) is 0 Å². The molecule has 1 rings (SSSR count). The number of hydrogen-bond acceptors (Lipinski definition) is 7. The Hall–Kier alpha value is -1.64. The van der Waals surface area contributed by atoms with E-state index in [4.69, 9.17) is 4.74 Å². The highest BCUT2D eigenvalue weighted by Gasteiger charge is 2.38. The maximum absolute atomic E-state index is 11.6. The molecular weight excluding hydrogens is 336 g/mol. The molecule has 2 amide bonds. The molecule has 24 heavy (non-hydrogen) atoms. The van der Waals surface area contributed by atoms with E-state index in [1.54, 1.807) is 18.7 Å². The number of methoxy groups -OCH3 is 2. The number of alkyl carbamates (subject to hydrolysis) is 2. The Morgan fingerprint density at radius 1 is 1.08 bits per heavy atom. The first-order valence-electron chi connectivity index (χ1n) is 7.98. The number of nitrogens with one attached hydrogen (secondary N) is 2. The molecule has 0 aromatic heterocycles. The second-order valence-electron chi connectivity index (χ2n) is 5.33. The molecule has 0 unspecified atom stereocenters. The van der Waals surface area contributed by atoms with Gasteiger partial charge in [-0.1, -0.05) is 6.42 Å². The van der Waals surface area contributed by atoms with E-state index in [0.29, 0.717) is 18.8 Å². The van der Waals surface area contributed by atoms with Crippen molar-refractivity contribution in [2.75, 3.05) is 26.6 Å². The predicted octanol–water partition coefficient (Wildman–Crippen LogP) is 1.67. The largest absolute Gasteiger partial charge is 0.466 e. The highest BCUT2D eigenvalue weighted by Crippen LogP contribution is 2.31. The molecule has 0 aromatic carbocycles. The molecule has 9 heteroatoms. The van der Waals surface area contributed by atoms with Gasteiger partial charge in [0.2, 0.25) is 0 Å². The Morgan fingerprint density at radius 2 is 1.75 bits per heavy atom. The molecule has 1 saturated heterocycles. The Balaban J connectivity index is 2.49. The minimum atomic E-state index is -0.532. The topological polar surface area (TPSA) is 103 Å². The van der Waals surface area contributed by atoms with Gasteiger partial charge in [0.1, 0.15) is 0 Å². The van der Waals surface area contributed by atoms with Gasteiger partial charge in [-0.15, -0.1) is 0 Å². The Labute approximate surface area is 146 Å². The van der Waals surface area contributed by atoms with Gasteiger partial charge in [0.05, 0.1) is 32.9 Å². The molecule has 0 aromatic rings. The summed E-state index contributed by atoms with van der Waals surface area (Å²) in [4.78, 5) is 34.3. The van der Waals surface area contributed by atoms with Gasteiger partial charge in [-0.3, -0.25) is 4.79 Å². The molecule has 8 nitrogen and oxygen atoms in total. The van der Waals surface area contributed by atoms with Crippen LogP contribution in [0.4, 0.5) is 9.59 Å². The van der Waals surface area contributed by atoms with Crippen LogP contribution >= 0.6 is 11.8 Å². The number of hydrogen-bond donors (Lipinski definition) is 2. The van der Waals surface area contributed by atoms with Crippen molar-refractivity contribution in [1.29, 1.82) is 0 Å². The van der Waals surface area contributed by atoms with Crippen LogP contribution in [0.3, 0.4) is 0 Å². The lowest BCUT2D eigenvalue weighted by atomic mass is 10.0. The molecule has 0 bridgehead atoms. The van der Waals surface area contributed by atoms with Crippen molar-refractivity contribution in [2.45, 2.75) is 49.9 Å². The summed E-state index contributed by atoms with van der Waals surface area (Å²) >= 11 is 1.68. The van der Waals surface area contributed by atoms with Crippen LogP contribution in [0.15, 0.2) is 0 Å². The van der Waals surface area contributed by atoms with E-state index in [1.165, 1.54) is 14.2 Å². The van der Waals surface area contributed by atoms with Gasteiger partial charge in [-0.25, -0.2) is 9.59 Å². The molecular formula is C15H26N2O6S. The highest BCUT2D eigenvalue weighted by atomic mass is 32.2. The lowest BCUT2D eigenvalue weighted by molar-refractivity contribution is -0.143. The maximum atomic E-state index is 11.6. The first-order chi connectivity index (χ1) is 11.5. The number of amides is 2. The third-order valence-electron chi connectivity index (χ3n) is 3.71. The Kier molecular flexibility index (Phi) is 9.36. The fraction of sp³-hybridized carbons (Fsp3) is 0.800. The van der Waals surface area contributed by atoms with E-state index >= 15 is 0 Å². The smallest absolute Gasteiger partial charge is 0.407 e. The lowest BCUT2D eigenvalue weighted by Gasteiger charge is -2.24. The van der Waals surface area contributed by atoms with Crippen molar-refractivity contribution >= 4 is 29.9 Å². The minimum absolute atomic E-state index is 0.133. The normalized spacial score (nSPS) is 22.5. The molecule has 2 N–H and O–H groups in total. The lowest BCUT2D eigenvalue weighted by Crippen LogP contribution is -2.53. The SMILES string of the molecule is CCOC(=O)CCCC[C@H]1SC[C@H](NC(=O)OC)[C@@H]1NC(=O)OC. The van der Waals surface area contributed by atoms with Crippen molar-refractivity contribution in [3.8, 4) is 0 Å². The van der Waals surface area contributed by atoms with Crippen LogP contribution in [-0.4, -0.2) is 62.1 Å². The molecule has 1 fully saturated rings. The van der Waals surface area contributed by atoms with E-state index in [-0.39, 0.29) is 23.3 Å². The average Bonchev–Trinajstić information content (AvgIpc) is 2.93. The van der Waals surface area contributed by atoms with Crippen molar-refractivity contribution in [3.05, 3.63) is 0 Å². The van der Waals surface area contributed by atoms with Crippen LogP contribution in [0.1, 0.15) is 32.6 Å². The summed E-state index contributed by atoms with van der Waals surface area (Å²) in [7, 11) is 2.60. The monoisotopic (exact) mass is 362 g/mol. The predicted molar refractivity (Wildman–Crippen MR) is 90.0 cm³/mol. The molecule has 1 heterocycles. The molecule has 0 saturated carbocycles. The third kappa shape index (κ3) is 6.86. The van der Waals surface area contributed by atoms with Crippen LogP contribution in [0, 0.1) is 0 Å². The number of rotatable bonds is 8. The summed E-state index contributed by atoms with van der Waals surface area (Å²) in [6.45, 7) is 2.17. The average molecular weight is 362 g/mol. The molecule has 0 aliphatic carbocycles. The third-order valence-corrected chi connectivity index (χ3v) is 5.22. The zero-order valence-corrected chi connectivity index (χ0v) is 15.1. The maximum Gasteiger partial charge on any atom is 0.407 e. The standard InChI is InChI=1S/C15H26N2O6S/c1-4-23-12(18)8-6-5-7-11-13(17-15(20)22-3)10(9-24-11)16-14(19)21-2/h10-11,13H,4-9H2,1-3H3,(H,16,19)(H,17,20)/t10-,11+,13-/m0/s1. The first-order valence-corrected chi connectivity index (χ1v) is 9.02. The second kappa shape index (κ2) is 11.0. The highest BCUT2D eigenvalue weighted by molar-refractivity contribution is 8.00. The zero-order chi connectivity index (χ0) is 17.9.